The molecule has 0 bridgehead atoms. The highest BCUT2D eigenvalue weighted by Gasteiger charge is 2.24. The minimum absolute atomic E-state index is 0.625. The number of thiazole rings is 1. The SMILES string of the molecule is CC1CCN(c2ncc(N)s2)c2ccccc21. The van der Waals surface area contributed by atoms with Crippen molar-refractivity contribution < 1.29 is 0 Å². The number of benzene rings is 1. The van der Waals surface area contributed by atoms with Gasteiger partial charge in [-0.2, -0.15) is 0 Å². The summed E-state index contributed by atoms with van der Waals surface area (Å²) in [5.74, 6) is 0.625. The molecular formula is C13H15N3S. The molecule has 17 heavy (non-hydrogen) atoms. The van der Waals surface area contributed by atoms with E-state index in [-0.39, 0.29) is 0 Å². The molecule has 0 radical (unpaired) electrons. The Morgan fingerprint density at radius 1 is 1.41 bits per heavy atom. The highest BCUT2D eigenvalue weighted by molar-refractivity contribution is 7.19. The topological polar surface area (TPSA) is 42.2 Å². The molecule has 3 rings (SSSR count). The summed E-state index contributed by atoms with van der Waals surface area (Å²) in [5, 5.41) is 1.78. The van der Waals surface area contributed by atoms with E-state index < -0.39 is 0 Å². The Hall–Kier alpha value is -1.55. The Balaban J connectivity index is 2.06. The van der Waals surface area contributed by atoms with Crippen LogP contribution in [0.2, 0.25) is 0 Å². The molecule has 1 unspecified atom stereocenters. The number of hydrogen-bond donors (Lipinski definition) is 1. The van der Waals surface area contributed by atoms with Gasteiger partial charge >= 0.3 is 0 Å². The van der Waals surface area contributed by atoms with E-state index >= 15 is 0 Å². The van der Waals surface area contributed by atoms with Crippen molar-refractivity contribution in [3.05, 3.63) is 36.0 Å². The van der Waals surface area contributed by atoms with Crippen molar-refractivity contribution in [3.8, 4) is 0 Å². The van der Waals surface area contributed by atoms with E-state index in [4.69, 9.17) is 5.73 Å². The van der Waals surface area contributed by atoms with Gasteiger partial charge in [-0.05, 0) is 24.0 Å². The highest BCUT2D eigenvalue weighted by Crippen LogP contribution is 2.40. The van der Waals surface area contributed by atoms with Crippen molar-refractivity contribution in [2.24, 2.45) is 0 Å². The molecule has 2 N–H and O–H groups in total. The third-order valence-corrected chi connectivity index (χ3v) is 4.14. The Bertz CT molecular complexity index is 535. The van der Waals surface area contributed by atoms with Gasteiger partial charge in [-0.25, -0.2) is 4.98 Å². The van der Waals surface area contributed by atoms with Crippen LogP contribution in [0, 0.1) is 0 Å². The summed E-state index contributed by atoms with van der Waals surface area (Å²) in [6.07, 6.45) is 2.90. The molecule has 3 nitrogen and oxygen atoms in total. The molecule has 4 heteroatoms. The first kappa shape index (κ1) is 10.6. The first-order chi connectivity index (χ1) is 8.25. The molecule has 2 aromatic rings. The lowest BCUT2D eigenvalue weighted by Gasteiger charge is -2.32. The summed E-state index contributed by atoms with van der Waals surface area (Å²) in [6.45, 7) is 3.30. The van der Waals surface area contributed by atoms with Crippen LogP contribution in [-0.4, -0.2) is 11.5 Å². The summed E-state index contributed by atoms with van der Waals surface area (Å²) >= 11 is 1.55. The quantitative estimate of drug-likeness (QED) is 0.837. The lowest BCUT2D eigenvalue weighted by Crippen LogP contribution is -2.25. The number of rotatable bonds is 1. The monoisotopic (exact) mass is 245 g/mol. The number of hydrogen-bond acceptors (Lipinski definition) is 4. The van der Waals surface area contributed by atoms with E-state index in [1.165, 1.54) is 11.3 Å². The van der Waals surface area contributed by atoms with Gasteiger partial charge in [0.1, 0.15) is 5.00 Å². The minimum atomic E-state index is 0.625. The van der Waals surface area contributed by atoms with E-state index in [2.05, 4.69) is 41.1 Å². The second-order valence-electron chi connectivity index (χ2n) is 4.45. The zero-order valence-corrected chi connectivity index (χ0v) is 10.6. The van der Waals surface area contributed by atoms with Crippen molar-refractivity contribution >= 4 is 27.2 Å². The lowest BCUT2D eigenvalue weighted by molar-refractivity contribution is 0.649. The summed E-state index contributed by atoms with van der Waals surface area (Å²) in [6, 6.07) is 8.57. The van der Waals surface area contributed by atoms with Gasteiger partial charge in [0.2, 0.25) is 0 Å². The highest BCUT2D eigenvalue weighted by atomic mass is 32.1. The average Bonchev–Trinajstić information content (AvgIpc) is 2.77. The number of nitrogens with zero attached hydrogens (tertiary/aromatic N) is 2. The van der Waals surface area contributed by atoms with E-state index in [0.717, 1.165) is 23.1 Å². The van der Waals surface area contributed by atoms with Crippen molar-refractivity contribution in [2.75, 3.05) is 17.2 Å². The normalized spacial score (nSPS) is 19.1. The molecule has 0 aliphatic carbocycles. The van der Waals surface area contributed by atoms with Gasteiger partial charge in [-0.3, -0.25) is 0 Å². The molecular weight excluding hydrogens is 230 g/mol. The number of nitrogens with two attached hydrogens (primary N) is 1. The molecule has 0 fully saturated rings. The smallest absolute Gasteiger partial charge is 0.191 e. The van der Waals surface area contributed by atoms with Crippen LogP contribution in [0.5, 0.6) is 0 Å². The lowest BCUT2D eigenvalue weighted by atomic mass is 9.92. The minimum Gasteiger partial charge on any atom is -0.389 e. The number of nitrogen functional groups attached to an aromatic ring is 1. The molecule has 1 aliphatic heterocycles. The fourth-order valence-corrected chi connectivity index (χ4v) is 3.07. The molecule has 0 spiro atoms. The molecule has 0 amide bonds. The van der Waals surface area contributed by atoms with E-state index in [0.29, 0.717) is 5.92 Å². The first-order valence-electron chi connectivity index (χ1n) is 5.83. The van der Waals surface area contributed by atoms with Crippen LogP contribution in [-0.2, 0) is 0 Å². The Labute approximate surface area is 105 Å². The second kappa shape index (κ2) is 4.04. The van der Waals surface area contributed by atoms with Gasteiger partial charge in [0.15, 0.2) is 5.13 Å². The second-order valence-corrected chi connectivity index (χ2v) is 5.49. The van der Waals surface area contributed by atoms with Crippen LogP contribution in [0.4, 0.5) is 15.8 Å². The predicted molar refractivity (Wildman–Crippen MR) is 73.0 cm³/mol. The maximum absolute atomic E-state index is 5.76. The Morgan fingerprint density at radius 3 is 3.00 bits per heavy atom. The summed E-state index contributed by atoms with van der Waals surface area (Å²) in [4.78, 5) is 6.66. The van der Waals surface area contributed by atoms with Crippen molar-refractivity contribution in [1.82, 2.24) is 4.98 Å². The molecule has 2 heterocycles. The van der Waals surface area contributed by atoms with Gasteiger partial charge in [-0.15, -0.1) is 0 Å². The molecule has 1 atom stereocenters. The zero-order valence-electron chi connectivity index (χ0n) is 9.76. The van der Waals surface area contributed by atoms with Crippen LogP contribution in [0.1, 0.15) is 24.8 Å². The zero-order chi connectivity index (χ0) is 11.8. The van der Waals surface area contributed by atoms with E-state index in [1.54, 1.807) is 17.5 Å². The van der Waals surface area contributed by atoms with Crippen LogP contribution < -0.4 is 10.6 Å². The van der Waals surface area contributed by atoms with Crippen molar-refractivity contribution in [1.29, 1.82) is 0 Å². The van der Waals surface area contributed by atoms with Crippen molar-refractivity contribution in [3.63, 3.8) is 0 Å². The van der Waals surface area contributed by atoms with Gasteiger partial charge in [0.05, 0.1) is 6.20 Å². The molecule has 1 aromatic carbocycles. The third kappa shape index (κ3) is 1.78. The number of fused-ring (bicyclic) bond motifs is 1. The van der Waals surface area contributed by atoms with Crippen LogP contribution >= 0.6 is 11.3 Å². The van der Waals surface area contributed by atoms with Crippen LogP contribution in [0.3, 0.4) is 0 Å². The molecule has 88 valence electrons. The summed E-state index contributed by atoms with van der Waals surface area (Å²) in [7, 11) is 0. The summed E-state index contributed by atoms with van der Waals surface area (Å²) < 4.78 is 0. The molecule has 1 aliphatic rings. The van der Waals surface area contributed by atoms with E-state index in [1.807, 2.05) is 0 Å². The third-order valence-electron chi connectivity index (χ3n) is 3.29. The number of aromatic nitrogens is 1. The fourth-order valence-electron chi connectivity index (χ4n) is 2.35. The molecule has 1 aromatic heterocycles. The Morgan fingerprint density at radius 2 is 2.24 bits per heavy atom. The largest absolute Gasteiger partial charge is 0.389 e. The molecule has 0 saturated carbocycles. The van der Waals surface area contributed by atoms with Gasteiger partial charge < -0.3 is 10.6 Å². The predicted octanol–water partition coefficient (Wildman–Crippen LogP) is 3.37. The van der Waals surface area contributed by atoms with Crippen LogP contribution in [0.25, 0.3) is 0 Å². The first-order valence-corrected chi connectivity index (χ1v) is 6.65. The maximum atomic E-state index is 5.76. The summed E-state index contributed by atoms with van der Waals surface area (Å²) in [5.41, 5.74) is 8.45. The van der Waals surface area contributed by atoms with Gasteiger partial charge in [0.25, 0.3) is 0 Å². The average molecular weight is 245 g/mol. The Kier molecular flexibility index (Phi) is 2.52. The maximum Gasteiger partial charge on any atom is 0.191 e. The standard InChI is InChI=1S/C13H15N3S/c1-9-6-7-16(13-15-8-12(14)17-13)11-5-3-2-4-10(9)11/h2-5,8-9H,6-7,14H2,1H3. The fraction of sp³-hybridized carbons (Fsp3) is 0.308. The van der Waals surface area contributed by atoms with Crippen molar-refractivity contribution in [2.45, 2.75) is 19.3 Å². The number of anilines is 3. The number of para-hydroxylation sites is 1. The van der Waals surface area contributed by atoms with Crippen LogP contribution in [0.15, 0.2) is 30.5 Å². The van der Waals surface area contributed by atoms with Gasteiger partial charge in [0, 0.05) is 12.2 Å². The van der Waals surface area contributed by atoms with Gasteiger partial charge in [-0.1, -0.05) is 36.5 Å². The van der Waals surface area contributed by atoms with E-state index in [9.17, 15) is 0 Å². The molecule has 0 saturated heterocycles.